The van der Waals surface area contributed by atoms with Crippen LogP contribution in [-0.2, 0) is 57.4 Å². The first kappa shape index (κ1) is 34.1. The van der Waals surface area contributed by atoms with E-state index in [0.29, 0.717) is 0 Å². The van der Waals surface area contributed by atoms with Crippen molar-refractivity contribution in [3.05, 3.63) is 16.6 Å². The van der Waals surface area contributed by atoms with Gasteiger partial charge < -0.3 is 30.8 Å². The molecule has 18 nitrogen and oxygen atoms in total. The molecule has 3 aliphatic carbocycles. The lowest BCUT2D eigenvalue weighted by molar-refractivity contribution is -0.217. The van der Waals surface area contributed by atoms with Crippen LogP contribution in [0.5, 0.6) is 0 Å². The van der Waals surface area contributed by atoms with Gasteiger partial charge >= 0.3 is 17.1 Å². The zero-order chi connectivity index (χ0) is 33.5. The van der Waals surface area contributed by atoms with Crippen LogP contribution < -0.4 is 0 Å². The average molecular weight is 627 g/mol. The molecule has 0 aromatic heterocycles. The number of carbonyl (C=O) groups excluding carboxylic acids is 9. The highest BCUT2D eigenvalue weighted by atomic mass is 16.6. The fraction of sp³-hybridized carbons (Fsp3) is 0.556. The molecule has 45 heavy (non-hydrogen) atoms. The van der Waals surface area contributed by atoms with Crippen molar-refractivity contribution < 1.29 is 71.7 Å². The molecule has 3 unspecified atom stereocenters. The Kier molecular flexibility index (Phi) is 10.9. The number of Topliss-reactive ketones (excluding diaryl/α,β-unsaturated/α-hetero) is 6. The second-order valence-corrected chi connectivity index (χ2v) is 10.8. The maximum Gasteiger partial charge on any atom is 0.400 e. The van der Waals surface area contributed by atoms with Gasteiger partial charge in [0.1, 0.15) is 18.3 Å². The van der Waals surface area contributed by atoms with E-state index in [9.17, 15) is 43.2 Å². The second kappa shape index (κ2) is 14.4. The van der Waals surface area contributed by atoms with E-state index in [1.807, 2.05) is 0 Å². The van der Waals surface area contributed by atoms with Crippen LogP contribution in [0.15, 0.2) is 0 Å². The van der Waals surface area contributed by atoms with Crippen LogP contribution in [0.2, 0.25) is 0 Å². The van der Waals surface area contributed by atoms with Crippen LogP contribution in [0.3, 0.4) is 0 Å². The molecular weight excluding hydrogens is 600 g/mol. The molecule has 18 heteroatoms. The van der Waals surface area contributed by atoms with E-state index in [1.54, 1.807) is 0 Å². The van der Waals surface area contributed by atoms with E-state index in [1.165, 1.54) is 6.92 Å². The van der Waals surface area contributed by atoms with Gasteiger partial charge in [0.2, 0.25) is 34.7 Å². The number of rotatable bonds is 13. The highest BCUT2D eigenvalue weighted by Gasteiger charge is 2.64. The van der Waals surface area contributed by atoms with E-state index >= 15 is 0 Å². The molecule has 0 saturated heterocycles. The fourth-order valence-electron chi connectivity index (χ4n) is 6.97. The lowest BCUT2D eigenvalue weighted by Crippen LogP contribution is -2.64. The smallest absolute Gasteiger partial charge is 0.400 e. The molecule has 3 rings (SSSR count). The summed E-state index contributed by atoms with van der Waals surface area (Å²) in [5.74, 6) is -9.55. The fourth-order valence-corrected chi connectivity index (χ4v) is 6.97. The Morgan fingerprint density at radius 3 is 0.956 bits per heavy atom. The third kappa shape index (κ3) is 6.29. The standard InChI is InChI=1S/C27H26N6O12/c1-2-27(24(43-9-34)12-3-15(37)21(31-28)16(38)4-12,25(44-10-35)13-5-17(39)22(32-29)18(40)6-13)26(45-11-36)14-7-19(41)23(33-30)20(42)8-14/h9-14,24-26H,2-8H2,1H3. The van der Waals surface area contributed by atoms with E-state index in [2.05, 4.69) is 14.4 Å². The minimum atomic E-state index is -2.08. The molecule has 0 aromatic carbocycles. The summed E-state index contributed by atoms with van der Waals surface area (Å²) < 4.78 is 16.5. The summed E-state index contributed by atoms with van der Waals surface area (Å²) in [5, 5.41) is 0. The zero-order valence-corrected chi connectivity index (χ0v) is 23.7. The highest BCUT2D eigenvalue weighted by Crippen LogP contribution is 2.51. The van der Waals surface area contributed by atoms with E-state index in [4.69, 9.17) is 30.8 Å². The number of carbonyl (C=O) groups is 9. The van der Waals surface area contributed by atoms with Gasteiger partial charge in [-0.1, -0.05) is 6.92 Å². The van der Waals surface area contributed by atoms with Crippen molar-refractivity contribution in [1.82, 2.24) is 0 Å². The van der Waals surface area contributed by atoms with Crippen molar-refractivity contribution >= 4 is 71.3 Å². The minimum Gasteiger partial charge on any atom is -0.463 e. The minimum absolute atomic E-state index is 0.0585. The van der Waals surface area contributed by atoms with E-state index < -0.39 is 132 Å². The summed E-state index contributed by atoms with van der Waals surface area (Å²) in [4.78, 5) is 121. The molecule has 0 aliphatic heterocycles. The molecule has 0 heterocycles. The topological polar surface area (TPSA) is 291 Å². The van der Waals surface area contributed by atoms with E-state index in [0.717, 1.165) is 0 Å². The monoisotopic (exact) mass is 626 g/mol. The van der Waals surface area contributed by atoms with Crippen LogP contribution in [0, 0.1) is 23.2 Å². The SMILES string of the molecule is CCC(C(OC=O)C1CC(=O)C(=[N+]=[N-])C(=O)C1)(C(OC=O)C1CC(=O)C(=[N+]=[N-])C(=O)C1)C(OC=O)C1CC(=O)C(=[N+]=[N-])C(=O)C1. The molecule has 0 N–H and O–H groups in total. The Labute approximate surface area is 253 Å². The van der Waals surface area contributed by atoms with Crippen LogP contribution in [0.4, 0.5) is 0 Å². The number of ether oxygens (including phenoxy) is 3. The van der Waals surface area contributed by atoms with Crippen LogP contribution >= 0.6 is 0 Å². The first-order chi connectivity index (χ1) is 21.5. The third-order valence-corrected chi connectivity index (χ3v) is 8.66. The Hall–Kier alpha value is -5.43. The summed E-state index contributed by atoms with van der Waals surface area (Å²) in [5.41, 5.74) is 23.1. The highest BCUT2D eigenvalue weighted by molar-refractivity contribution is 6.66. The molecule has 0 amide bonds. The van der Waals surface area contributed by atoms with E-state index in [-0.39, 0.29) is 25.8 Å². The number of hydrogen-bond acceptors (Lipinski definition) is 12. The zero-order valence-electron chi connectivity index (χ0n) is 23.7. The van der Waals surface area contributed by atoms with Gasteiger partial charge in [0.05, 0.1) is 5.41 Å². The summed E-state index contributed by atoms with van der Waals surface area (Å²) in [7, 11) is 0. The molecule has 3 aliphatic rings. The van der Waals surface area contributed by atoms with Crippen molar-refractivity contribution in [1.29, 1.82) is 0 Å². The van der Waals surface area contributed by atoms with Crippen molar-refractivity contribution in [2.45, 2.75) is 70.2 Å². The van der Waals surface area contributed by atoms with Crippen LogP contribution in [0.1, 0.15) is 51.9 Å². The number of hydrogen-bond donors (Lipinski definition) is 0. The first-order valence-corrected chi connectivity index (χ1v) is 13.6. The maximum atomic E-state index is 12.8. The third-order valence-electron chi connectivity index (χ3n) is 8.66. The molecular formula is C27H26N6O12. The lowest BCUT2D eigenvalue weighted by Gasteiger charge is -2.53. The second-order valence-electron chi connectivity index (χ2n) is 10.8. The predicted octanol–water partition coefficient (Wildman–Crippen LogP) is -1.34. The van der Waals surface area contributed by atoms with Gasteiger partial charge in [-0.05, 0) is 6.42 Å². The van der Waals surface area contributed by atoms with Crippen molar-refractivity contribution in [2.24, 2.45) is 23.2 Å². The lowest BCUT2D eigenvalue weighted by atomic mass is 9.56. The molecule has 0 radical (unpaired) electrons. The Morgan fingerprint density at radius 1 is 0.578 bits per heavy atom. The molecule has 0 spiro atoms. The van der Waals surface area contributed by atoms with Gasteiger partial charge in [-0.25, -0.2) is 0 Å². The molecule has 3 fully saturated rings. The van der Waals surface area contributed by atoms with Gasteiger partial charge in [0, 0.05) is 56.3 Å². The molecule has 3 atom stereocenters. The van der Waals surface area contributed by atoms with Crippen LogP contribution in [0.25, 0.3) is 16.6 Å². The molecule has 236 valence electrons. The average Bonchev–Trinajstić information content (AvgIpc) is 2.99. The summed E-state index contributed by atoms with van der Waals surface area (Å²) in [6, 6.07) is 0. The van der Waals surface area contributed by atoms with Crippen molar-refractivity contribution in [3.8, 4) is 0 Å². The normalized spacial score (nSPS) is 25.5. The van der Waals surface area contributed by atoms with Crippen molar-refractivity contribution in [3.63, 3.8) is 0 Å². The molecule has 0 aromatic rings. The molecule has 0 bridgehead atoms. The quantitative estimate of drug-likeness (QED) is 0.0993. The predicted molar refractivity (Wildman–Crippen MR) is 140 cm³/mol. The van der Waals surface area contributed by atoms with Gasteiger partial charge in [-0.15, -0.1) is 0 Å². The Bertz CT molecular complexity index is 1280. The summed E-state index contributed by atoms with van der Waals surface area (Å²) >= 11 is 0. The first-order valence-electron chi connectivity index (χ1n) is 13.6. The largest absolute Gasteiger partial charge is 0.463 e. The summed E-state index contributed by atoms with van der Waals surface area (Å²) in [6.45, 7) is 1.27. The Morgan fingerprint density at radius 2 is 0.800 bits per heavy atom. The van der Waals surface area contributed by atoms with Gasteiger partial charge in [-0.2, -0.15) is 14.4 Å². The van der Waals surface area contributed by atoms with Crippen LogP contribution in [-0.4, -0.2) is 104 Å². The molecule has 3 saturated carbocycles. The number of ketones is 6. The Balaban J connectivity index is 2.35. The van der Waals surface area contributed by atoms with Gasteiger partial charge in [-0.3, -0.25) is 43.2 Å². The van der Waals surface area contributed by atoms with Crippen molar-refractivity contribution in [2.75, 3.05) is 0 Å². The number of nitrogens with zero attached hydrogens (tertiary/aromatic N) is 6. The van der Waals surface area contributed by atoms with Gasteiger partial charge in [0.15, 0.2) is 0 Å². The summed E-state index contributed by atoms with van der Waals surface area (Å²) in [6.07, 6.45) is -8.94. The van der Waals surface area contributed by atoms with Gasteiger partial charge in [0.25, 0.3) is 19.4 Å². The maximum absolute atomic E-state index is 12.8.